The van der Waals surface area contributed by atoms with Gasteiger partial charge in [-0.3, -0.25) is 4.99 Å². The number of thioether (sulfide) groups is 1. The second kappa shape index (κ2) is 8.82. The number of hydrogen-bond acceptors (Lipinski definition) is 5. The number of aryl methyl sites for hydroxylation is 1. The lowest BCUT2D eigenvalue weighted by molar-refractivity contribution is 0.267. The predicted octanol–water partition coefficient (Wildman–Crippen LogP) is 5.57. The van der Waals surface area contributed by atoms with E-state index in [0.717, 1.165) is 52.8 Å². The molecule has 1 aliphatic carbocycles. The van der Waals surface area contributed by atoms with E-state index in [1.807, 2.05) is 23.9 Å². The average molecular weight is 422 g/mol. The Morgan fingerprint density at radius 1 is 1.30 bits per heavy atom. The largest absolute Gasteiger partial charge is 0.340 e. The molecule has 0 spiro atoms. The molecule has 0 saturated carbocycles. The Morgan fingerprint density at radius 3 is 2.87 bits per heavy atom. The quantitative estimate of drug-likeness (QED) is 0.400. The molecule has 3 aromatic rings. The number of pyridine rings is 1. The van der Waals surface area contributed by atoms with Crippen LogP contribution in [0.2, 0.25) is 0 Å². The lowest BCUT2D eigenvalue weighted by atomic mass is 9.91. The van der Waals surface area contributed by atoms with Crippen molar-refractivity contribution in [2.45, 2.75) is 43.5 Å². The first-order chi connectivity index (χ1) is 14.5. The van der Waals surface area contributed by atoms with Gasteiger partial charge in [-0.05, 0) is 88.1 Å². The zero-order chi connectivity index (χ0) is 21.3. The first-order valence-electron chi connectivity index (χ1n) is 10.7. The number of rotatable bonds is 7. The van der Waals surface area contributed by atoms with Crippen LogP contribution in [0.5, 0.6) is 0 Å². The van der Waals surface area contributed by atoms with E-state index in [1.165, 1.54) is 23.1 Å². The second-order valence-corrected chi connectivity index (χ2v) is 9.36. The Balaban J connectivity index is 1.64. The molecule has 4 rings (SSSR count). The van der Waals surface area contributed by atoms with Crippen molar-refractivity contribution in [2.75, 3.05) is 25.2 Å². The van der Waals surface area contributed by atoms with Gasteiger partial charge in [0, 0.05) is 34.8 Å². The Bertz CT molecular complexity index is 1070. The Labute approximate surface area is 183 Å². The van der Waals surface area contributed by atoms with Crippen molar-refractivity contribution in [1.82, 2.24) is 14.5 Å². The van der Waals surface area contributed by atoms with E-state index in [9.17, 15) is 0 Å². The minimum atomic E-state index is 0.608. The minimum absolute atomic E-state index is 0.608. The fourth-order valence-electron chi connectivity index (χ4n) is 4.32. The normalized spacial score (nSPS) is 16.1. The van der Waals surface area contributed by atoms with Crippen molar-refractivity contribution < 1.29 is 0 Å². The number of anilines is 2. The molecule has 1 aromatic carbocycles. The minimum Gasteiger partial charge on any atom is -0.340 e. The average Bonchev–Trinajstić information content (AvgIpc) is 3.03. The summed E-state index contributed by atoms with van der Waals surface area (Å²) in [6.45, 7) is 5.89. The highest BCUT2D eigenvalue weighted by Gasteiger charge is 2.26. The number of hydrogen-bond donors (Lipinski definition) is 1. The molecule has 2 aromatic heterocycles. The van der Waals surface area contributed by atoms with Crippen LogP contribution in [0.3, 0.4) is 0 Å². The number of nitrogens with zero attached hydrogens (tertiary/aromatic N) is 4. The number of likely N-dealkylation sites (N-methyl/N-ethyl adjacent to an activating group) is 1. The molecular weight excluding hydrogens is 390 g/mol. The third-order valence-corrected chi connectivity index (χ3v) is 7.27. The van der Waals surface area contributed by atoms with Crippen LogP contribution < -0.4 is 5.32 Å². The van der Waals surface area contributed by atoms with Crippen LogP contribution in [0.4, 0.5) is 17.2 Å². The van der Waals surface area contributed by atoms with Gasteiger partial charge in [0.25, 0.3) is 0 Å². The standard InChI is InChI=1S/C24H31N5S/c1-6-13-30-22-14-16(7-10-20(22)25-2)26-23-12-9-18-19-15-17(28(3)4)8-11-21(19)29(5)24(18)27-23/h7,9-10,12,14,17H,2,6,8,11,13,15H2,1,3-5H3,(H,26,27). The van der Waals surface area contributed by atoms with E-state index in [4.69, 9.17) is 4.98 Å². The van der Waals surface area contributed by atoms with Crippen molar-refractivity contribution in [3.63, 3.8) is 0 Å². The summed E-state index contributed by atoms with van der Waals surface area (Å²) in [6.07, 6.45) is 4.55. The summed E-state index contributed by atoms with van der Waals surface area (Å²) in [6, 6.07) is 11.2. The van der Waals surface area contributed by atoms with Gasteiger partial charge < -0.3 is 14.8 Å². The van der Waals surface area contributed by atoms with Crippen LogP contribution in [0.1, 0.15) is 31.0 Å². The summed E-state index contributed by atoms with van der Waals surface area (Å²) in [5, 5.41) is 4.78. The summed E-state index contributed by atoms with van der Waals surface area (Å²) in [4.78, 5) is 12.6. The van der Waals surface area contributed by atoms with Gasteiger partial charge in [0.1, 0.15) is 11.5 Å². The number of nitrogens with one attached hydrogen (secondary N) is 1. The van der Waals surface area contributed by atoms with Crippen LogP contribution in [-0.2, 0) is 19.9 Å². The van der Waals surface area contributed by atoms with Crippen LogP contribution in [-0.4, -0.2) is 47.1 Å². The molecule has 0 radical (unpaired) electrons. The monoisotopic (exact) mass is 421 g/mol. The number of benzene rings is 1. The van der Waals surface area contributed by atoms with Crippen molar-refractivity contribution in [1.29, 1.82) is 0 Å². The van der Waals surface area contributed by atoms with Gasteiger partial charge in [-0.2, -0.15) is 0 Å². The molecule has 2 heterocycles. The zero-order valence-electron chi connectivity index (χ0n) is 18.4. The van der Waals surface area contributed by atoms with Crippen molar-refractivity contribution in [3.8, 4) is 0 Å². The maximum atomic E-state index is 4.98. The van der Waals surface area contributed by atoms with Gasteiger partial charge in [0.15, 0.2) is 0 Å². The van der Waals surface area contributed by atoms with Crippen LogP contribution in [0.25, 0.3) is 11.0 Å². The van der Waals surface area contributed by atoms with E-state index < -0.39 is 0 Å². The van der Waals surface area contributed by atoms with Crippen LogP contribution in [0.15, 0.2) is 40.2 Å². The highest BCUT2D eigenvalue weighted by molar-refractivity contribution is 7.99. The third-order valence-electron chi connectivity index (χ3n) is 6.02. The summed E-state index contributed by atoms with van der Waals surface area (Å²) in [5.74, 6) is 1.94. The number of fused-ring (bicyclic) bond motifs is 3. The molecule has 1 aliphatic rings. The number of aromatic nitrogens is 2. The van der Waals surface area contributed by atoms with Crippen LogP contribution >= 0.6 is 11.8 Å². The fourth-order valence-corrected chi connectivity index (χ4v) is 5.24. The summed E-state index contributed by atoms with van der Waals surface area (Å²) in [7, 11) is 6.51. The SMILES string of the molecule is C=Nc1ccc(Nc2ccc3c4c(n(C)c3n2)CCC(N(C)C)C4)cc1SCCC. The molecular formula is C24H31N5S. The third kappa shape index (κ3) is 3.98. The molecule has 1 atom stereocenters. The molecule has 6 heteroatoms. The van der Waals surface area contributed by atoms with Crippen molar-refractivity contribution in [2.24, 2.45) is 12.0 Å². The summed E-state index contributed by atoms with van der Waals surface area (Å²) < 4.78 is 2.29. The van der Waals surface area contributed by atoms with Gasteiger partial charge in [-0.1, -0.05) is 6.92 Å². The molecule has 5 nitrogen and oxygen atoms in total. The highest BCUT2D eigenvalue weighted by Crippen LogP contribution is 2.35. The number of aliphatic imine (C=N–C) groups is 1. The molecule has 0 amide bonds. The first kappa shape index (κ1) is 20.9. The fraction of sp³-hybridized carbons (Fsp3) is 0.417. The second-order valence-electron chi connectivity index (χ2n) is 8.23. The Hall–Kier alpha value is -2.31. The molecule has 1 unspecified atom stereocenters. The maximum absolute atomic E-state index is 4.98. The van der Waals surface area contributed by atoms with Gasteiger partial charge in [-0.25, -0.2) is 4.98 Å². The van der Waals surface area contributed by atoms with Gasteiger partial charge in [0.05, 0.1) is 5.69 Å². The zero-order valence-corrected chi connectivity index (χ0v) is 19.2. The van der Waals surface area contributed by atoms with E-state index in [-0.39, 0.29) is 0 Å². The van der Waals surface area contributed by atoms with Crippen LogP contribution in [0, 0.1) is 0 Å². The molecule has 0 aliphatic heterocycles. The van der Waals surface area contributed by atoms with Gasteiger partial charge in [0.2, 0.25) is 0 Å². The summed E-state index contributed by atoms with van der Waals surface area (Å²) in [5.41, 5.74) is 5.94. The highest BCUT2D eigenvalue weighted by atomic mass is 32.2. The summed E-state index contributed by atoms with van der Waals surface area (Å²) >= 11 is 1.82. The first-order valence-corrected chi connectivity index (χ1v) is 11.6. The predicted molar refractivity (Wildman–Crippen MR) is 130 cm³/mol. The lowest BCUT2D eigenvalue weighted by Crippen LogP contribution is -2.33. The molecule has 0 fully saturated rings. The van der Waals surface area contributed by atoms with Crippen molar-refractivity contribution in [3.05, 3.63) is 41.6 Å². The topological polar surface area (TPSA) is 45.5 Å². The van der Waals surface area contributed by atoms with E-state index in [2.05, 4.69) is 72.8 Å². The van der Waals surface area contributed by atoms with E-state index >= 15 is 0 Å². The molecule has 30 heavy (non-hydrogen) atoms. The van der Waals surface area contributed by atoms with Gasteiger partial charge >= 0.3 is 0 Å². The van der Waals surface area contributed by atoms with E-state index in [1.54, 1.807) is 0 Å². The maximum Gasteiger partial charge on any atom is 0.142 e. The van der Waals surface area contributed by atoms with E-state index in [0.29, 0.717) is 6.04 Å². The molecule has 0 saturated heterocycles. The Kier molecular flexibility index (Phi) is 6.16. The van der Waals surface area contributed by atoms with Gasteiger partial charge in [-0.15, -0.1) is 11.8 Å². The van der Waals surface area contributed by atoms with Crippen molar-refractivity contribution >= 4 is 46.7 Å². The molecule has 1 N–H and O–H groups in total. The smallest absolute Gasteiger partial charge is 0.142 e. The Morgan fingerprint density at radius 2 is 2.13 bits per heavy atom. The lowest BCUT2D eigenvalue weighted by Gasteiger charge is -2.28. The molecule has 0 bridgehead atoms. The molecule has 158 valence electrons.